The molecule has 37 heavy (non-hydrogen) atoms. The van der Waals surface area contributed by atoms with Gasteiger partial charge in [-0.25, -0.2) is 0 Å². The van der Waals surface area contributed by atoms with E-state index in [2.05, 4.69) is 39.3 Å². The quantitative estimate of drug-likeness (QED) is 0.471. The summed E-state index contributed by atoms with van der Waals surface area (Å²) in [4.78, 5) is 35.6. The van der Waals surface area contributed by atoms with E-state index in [1.54, 1.807) is 6.20 Å². The van der Waals surface area contributed by atoms with Crippen molar-refractivity contribution in [3.8, 4) is 0 Å². The SMILES string of the molecule is O=C(c1noc2c1CCCC2)N1CCC(C(Cc2ccccc2)N(C(=O)c2ccccn2)C2CC2)CC1. The lowest BCUT2D eigenvalue weighted by Crippen LogP contribution is -2.51. The maximum Gasteiger partial charge on any atom is 0.276 e. The van der Waals surface area contributed by atoms with E-state index in [0.29, 0.717) is 30.4 Å². The molecule has 1 atom stereocenters. The molecular weight excluding hydrogens is 464 g/mol. The molecule has 3 heterocycles. The number of amides is 2. The fourth-order valence-corrected chi connectivity index (χ4v) is 6.10. The number of carbonyl (C=O) groups is 2. The Labute approximate surface area is 217 Å². The van der Waals surface area contributed by atoms with Gasteiger partial charge >= 0.3 is 0 Å². The van der Waals surface area contributed by atoms with Gasteiger partial charge < -0.3 is 14.3 Å². The van der Waals surface area contributed by atoms with Gasteiger partial charge in [-0.3, -0.25) is 14.6 Å². The smallest absolute Gasteiger partial charge is 0.276 e. The van der Waals surface area contributed by atoms with E-state index in [9.17, 15) is 9.59 Å². The second-order valence-corrected chi connectivity index (χ2v) is 10.7. The molecule has 0 spiro atoms. The Kier molecular flexibility index (Phi) is 6.77. The van der Waals surface area contributed by atoms with Crippen molar-refractivity contribution in [2.75, 3.05) is 13.1 Å². The molecule has 7 heteroatoms. The number of likely N-dealkylation sites (tertiary alicyclic amines) is 1. The van der Waals surface area contributed by atoms with Crippen LogP contribution in [0.1, 0.15) is 76.4 Å². The minimum Gasteiger partial charge on any atom is -0.360 e. The number of nitrogens with zero attached hydrogens (tertiary/aromatic N) is 4. The lowest BCUT2D eigenvalue weighted by atomic mass is 9.84. The molecule has 2 amide bonds. The van der Waals surface area contributed by atoms with Gasteiger partial charge in [-0.05, 0) is 75.0 Å². The number of fused-ring (bicyclic) bond motifs is 1. The van der Waals surface area contributed by atoms with Crippen molar-refractivity contribution in [1.29, 1.82) is 0 Å². The molecule has 3 aromatic rings. The standard InChI is InChI=1S/C30H34N4O3/c35-29(25-11-6-7-17-31-25)34(23-13-14-23)26(20-21-8-2-1-3-9-21)22-15-18-33(19-16-22)30(36)28-24-10-4-5-12-27(24)37-32-28/h1-3,6-9,11,17,22-23,26H,4-5,10,12-16,18-20H2. The predicted molar refractivity (Wildman–Crippen MR) is 139 cm³/mol. The van der Waals surface area contributed by atoms with Gasteiger partial charge in [0.25, 0.3) is 11.8 Å². The Bertz CT molecular complexity index is 1230. The average molecular weight is 499 g/mol. The zero-order valence-electron chi connectivity index (χ0n) is 21.2. The predicted octanol–water partition coefficient (Wildman–Crippen LogP) is 4.72. The number of aryl methyl sites for hydroxylation is 1. The summed E-state index contributed by atoms with van der Waals surface area (Å²) in [5.41, 5.74) is 3.27. The molecular formula is C30H34N4O3. The first-order valence-corrected chi connectivity index (χ1v) is 13.7. The van der Waals surface area contributed by atoms with Gasteiger partial charge in [-0.15, -0.1) is 0 Å². The monoisotopic (exact) mass is 498 g/mol. The minimum absolute atomic E-state index is 0.00595. The normalized spacial score (nSPS) is 18.8. The first-order chi connectivity index (χ1) is 18.2. The van der Waals surface area contributed by atoms with Crippen LogP contribution in [0.25, 0.3) is 0 Å². The van der Waals surface area contributed by atoms with Crippen LogP contribution in [0.4, 0.5) is 0 Å². The van der Waals surface area contributed by atoms with E-state index in [0.717, 1.165) is 69.1 Å². The van der Waals surface area contributed by atoms with Crippen LogP contribution in [0.5, 0.6) is 0 Å². The molecule has 7 nitrogen and oxygen atoms in total. The van der Waals surface area contributed by atoms with Gasteiger partial charge in [0, 0.05) is 43.4 Å². The number of aromatic nitrogens is 2. The molecule has 0 radical (unpaired) electrons. The van der Waals surface area contributed by atoms with Crippen LogP contribution in [-0.4, -0.2) is 56.9 Å². The molecule has 1 aliphatic heterocycles. The zero-order valence-corrected chi connectivity index (χ0v) is 21.2. The lowest BCUT2D eigenvalue weighted by molar-refractivity contribution is 0.0438. The number of benzene rings is 1. The topological polar surface area (TPSA) is 79.5 Å². The Morgan fingerprint density at radius 3 is 2.46 bits per heavy atom. The first kappa shape index (κ1) is 23.9. The summed E-state index contributed by atoms with van der Waals surface area (Å²) >= 11 is 0. The number of hydrogen-bond acceptors (Lipinski definition) is 5. The fraction of sp³-hybridized carbons (Fsp3) is 0.467. The molecule has 1 saturated heterocycles. The van der Waals surface area contributed by atoms with Crippen LogP contribution < -0.4 is 0 Å². The molecule has 3 aliphatic rings. The number of hydrogen-bond donors (Lipinski definition) is 0. The van der Waals surface area contributed by atoms with Crippen LogP contribution in [0.15, 0.2) is 59.3 Å². The fourth-order valence-electron chi connectivity index (χ4n) is 6.10. The molecule has 2 aliphatic carbocycles. The van der Waals surface area contributed by atoms with Crippen molar-refractivity contribution >= 4 is 11.8 Å². The molecule has 192 valence electrons. The highest BCUT2D eigenvalue weighted by Crippen LogP contribution is 2.36. The van der Waals surface area contributed by atoms with Crippen LogP contribution in [0.2, 0.25) is 0 Å². The number of rotatable bonds is 7. The summed E-state index contributed by atoms with van der Waals surface area (Å²) < 4.78 is 5.51. The van der Waals surface area contributed by atoms with Gasteiger partial charge in [0.15, 0.2) is 5.69 Å². The highest BCUT2D eigenvalue weighted by molar-refractivity contribution is 5.94. The molecule has 2 aromatic heterocycles. The summed E-state index contributed by atoms with van der Waals surface area (Å²) in [6.45, 7) is 1.35. The van der Waals surface area contributed by atoms with Gasteiger partial charge in [0.05, 0.1) is 0 Å². The summed E-state index contributed by atoms with van der Waals surface area (Å²) in [6.07, 6.45) is 10.2. The van der Waals surface area contributed by atoms with Crippen LogP contribution in [0, 0.1) is 5.92 Å². The molecule has 1 saturated carbocycles. The van der Waals surface area contributed by atoms with Gasteiger partial charge in [-0.1, -0.05) is 41.6 Å². The lowest BCUT2D eigenvalue weighted by Gasteiger charge is -2.41. The second-order valence-electron chi connectivity index (χ2n) is 10.7. The average Bonchev–Trinajstić information content (AvgIpc) is 3.70. The summed E-state index contributed by atoms with van der Waals surface area (Å²) in [6, 6.07) is 16.3. The number of carbonyl (C=O) groups excluding carboxylic acids is 2. The van der Waals surface area contributed by atoms with Crippen LogP contribution in [0.3, 0.4) is 0 Å². The van der Waals surface area contributed by atoms with Crippen molar-refractivity contribution in [2.45, 2.75) is 69.9 Å². The van der Waals surface area contributed by atoms with Crippen molar-refractivity contribution < 1.29 is 14.1 Å². The van der Waals surface area contributed by atoms with Crippen LogP contribution >= 0.6 is 0 Å². The molecule has 0 bridgehead atoms. The molecule has 1 aromatic carbocycles. The summed E-state index contributed by atoms with van der Waals surface area (Å²) in [5.74, 6) is 1.22. The van der Waals surface area contributed by atoms with Crippen molar-refractivity contribution in [1.82, 2.24) is 19.9 Å². The Morgan fingerprint density at radius 1 is 0.973 bits per heavy atom. The number of pyridine rings is 1. The number of piperidine rings is 1. The zero-order chi connectivity index (χ0) is 25.2. The minimum atomic E-state index is -0.00595. The molecule has 0 N–H and O–H groups in total. The van der Waals surface area contributed by atoms with E-state index in [1.165, 1.54) is 5.56 Å². The molecule has 6 rings (SSSR count). The van der Waals surface area contributed by atoms with E-state index in [-0.39, 0.29) is 23.9 Å². The highest BCUT2D eigenvalue weighted by atomic mass is 16.5. The third kappa shape index (κ3) is 5.04. The third-order valence-corrected chi connectivity index (χ3v) is 8.23. The van der Waals surface area contributed by atoms with Crippen molar-refractivity contribution in [2.24, 2.45) is 5.92 Å². The largest absolute Gasteiger partial charge is 0.360 e. The summed E-state index contributed by atoms with van der Waals surface area (Å²) in [7, 11) is 0. The van der Waals surface area contributed by atoms with E-state index in [1.807, 2.05) is 29.2 Å². The first-order valence-electron chi connectivity index (χ1n) is 13.7. The maximum atomic E-state index is 13.7. The molecule has 1 unspecified atom stereocenters. The van der Waals surface area contributed by atoms with E-state index < -0.39 is 0 Å². The van der Waals surface area contributed by atoms with Gasteiger partial charge in [0.1, 0.15) is 11.5 Å². The highest BCUT2D eigenvalue weighted by Gasteiger charge is 2.42. The molecule has 2 fully saturated rings. The Morgan fingerprint density at radius 2 is 1.73 bits per heavy atom. The van der Waals surface area contributed by atoms with E-state index in [4.69, 9.17) is 4.52 Å². The summed E-state index contributed by atoms with van der Waals surface area (Å²) in [5, 5.41) is 4.17. The van der Waals surface area contributed by atoms with Gasteiger partial charge in [-0.2, -0.15) is 0 Å². The van der Waals surface area contributed by atoms with Gasteiger partial charge in [0.2, 0.25) is 0 Å². The Hall–Kier alpha value is -3.48. The second kappa shape index (κ2) is 10.5. The Balaban J connectivity index is 1.21. The van der Waals surface area contributed by atoms with Crippen LogP contribution in [-0.2, 0) is 19.3 Å². The van der Waals surface area contributed by atoms with Crippen molar-refractivity contribution in [3.05, 3.63) is 83.0 Å². The third-order valence-electron chi connectivity index (χ3n) is 8.23. The van der Waals surface area contributed by atoms with Crippen molar-refractivity contribution in [3.63, 3.8) is 0 Å². The maximum absolute atomic E-state index is 13.7. The van der Waals surface area contributed by atoms with E-state index >= 15 is 0 Å².